The van der Waals surface area contributed by atoms with Crippen LogP contribution in [0.3, 0.4) is 0 Å². The van der Waals surface area contributed by atoms with Gasteiger partial charge in [0.2, 0.25) is 11.4 Å². The zero-order valence-electron chi connectivity index (χ0n) is 13.9. The first-order valence-corrected chi connectivity index (χ1v) is 8.68. The van der Waals surface area contributed by atoms with Crippen LogP contribution in [0.25, 0.3) is 0 Å². The highest BCUT2D eigenvalue weighted by Crippen LogP contribution is 2.51. The zero-order chi connectivity index (χ0) is 18.0. The first kappa shape index (κ1) is 16.6. The fourth-order valence-electron chi connectivity index (χ4n) is 2.91. The summed E-state index contributed by atoms with van der Waals surface area (Å²) < 4.78 is 5.90. The van der Waals surface area contributed by atoms with Gasteiger partial charge in [0.25, 0.3) is 0 Å². The van der Waals surface area contributed by atoms with Crippen LogP contribution in [0.5, 0.6) is 0 Å². The number of rotatable bonds is 3. The summed E-state index contributed by atoms with van der Waals surface area (Å²) in [6.07, 6.45) is -0.399. The number of ether oxygens (including phenoxy) is 1. The molecule has 26 heavy (non-hydrogen) atoms. The molecule has 0 radical (unpaired) electrons. The number of carbonyl (C=O) groups excluding carboxylic acids is 1. The standard InChI is InChI=1S/C23H15ClO2/c24-20-13-11-19(12-14-20)22-23(26-22,16-15-17-7-3-1-4-8-17)21(25)18-9-5-2-6-10-18/h1-14,22H/t22?,23-/m1/s1. The fourth-order valence-corrected chi connectivity index (χ4v) is 3.03. The maximum absolute atomic E-state index is 13.1. The summed E-state index contributed by atoms with van der Waals surface area (Å²) in [5.74, 6) is 6.06. The monoisotopic (exact) mass is 358 g/mol. The molecule has 1 heterocycles. The molecular weight excluding hydrogens is 344 g/mol. The highest BCUT2D eigenvalue weighted by molar-refractivity contribution is 6.30. The van der Waals surface area contributed by atoms with E-state index in [-0.39, 0.29) is 5.78 Å². The predicted molar refractivity (Wildman–Crippen MR) is 102 cm³/mol. The van der Waals surface area contributed by atoms with Crippen LogP contribution in [0.4, 0.5) is 0 Å². The lowest BCUT2D eigenvalue weighted by Crippen LogP contribution is -2.24. The van der Waals surface area contributed by atoms with Crippen molar-refractivity contribution in [2.24, 2.45) is 0 Å². The van der Waals surface area contributed by atoms with Gasteiger partial charge >= 0.3 is 0 Å². The van der Waals surface area contributed by atoms with Crippen molar-refractivity contribution in [3.63, 3.8) is 0 Å². The van der Waals surface area contributed by atoms with E-state index in [1.165, 1.54) is 0 Å². The van der Waals surface area contributed by atoms with Crippen LogP contribution in [-0.4, -0.2) is 11.4 Å². The normalized spacial score (nSPS) is 20.7. The summed E-state index contributed by atoms with van der Waals surface area (Å²) in [7, 11) is 0. The second-order valence-corrected chi connectivity index (χ2v) is 6.53. The number of halogens is 1. The molecule has 0 aromatic heterocycles. The maximum Gasteiger partial charge on any atom is 0.223 e. The third-order valence-corrected chi connectivity index (χ3v) is 4.58. The molecule has 3 aromatic rings. The van der Waals surface area contributed by atoms with Gasteiger partial charge in [-0.05, 0) is 29.8 Å². The molecule has 2 nitrogen and oxygen atoms in total. The van der Waals surface area contributed by atoms with Crippen LogP contribution in [0.15, 0.2) is 84.9 Å². The molecule has 0 spiro atoms. The minimum Gasteiger partial charge on any atom is -0.339 e. The van der Waals surface area contributed by atoms with Crippen molar-refractivity contribution in [2.45, 2.75) is 11.7 Å². The molecule has 2 atom stereocenters. The molecule has 1 aliphatic rings. The highest BCUT2D eigenvalue weighted by Gasteiger charge is 2.62. The van der Waals surface area contributed by atoms with Crippen molar-refractivity contribution >= 4 is 17.4 Å². The summed E-state index contributed by atoms with van der Waals surface area (Å²) in [4.78, 5) is 13.1. The molecule has 1 saturated heterocycles. The quantitative estimate of drug-likeness (QED) is 0.371. The average Bonchev–Trinajstić information content (AvgIpc) is 3.44. The van der Waals surface area contributed by atoms with Crippen molar-refractivity contribution in [2.75, 3.05) is 0 Å². The van der Waals surface area contributed by atoms with E-state index >= 15 is 0 Å². The molecule has 0 aliphatic carbocycles. The van der Waals surface area contributed by atoms with E-state index in [0.29, 0.717) is 10.6 Å². The van der Waals surface area contributed by atoms with Gasteiger partial charge in [0.05, 0.1) is 0 Å². The van der Waals surface area contributed by atoms with Gasteiger partial charge in [-0.25, -0.2) is 0 Å². The lowest BCUT2D eigenvalue weighted by molar-refractivity contribution is 0.0916. The Morgan fingerprint density at radius 3 is 2.15 bits per heavy atom. The molecule has 0 amide bonds. The fraction of sp³-hybridized carbons (Fsp3) is 0.0870. The summed E-state index contributed by atoms with van der Waals surface area (Å²) >= 11 is 5.97. The lowest BCUT2D eigenvalue weighted by Gasteiger charge is -2.06. The average molecular weight is 359 g/mol. The van der Waals surface area contributed by atoms with E-state index in [1.54, 1.807) is 24.3 Å². The highest BCUT2D eigenvalue weighted by atomic mass is 35.5. The van der Waals surface area contributed by atoms with Crippen LogP contribution < -0.4 is 0 Å². The van der Waals surface area contributed by atoms with Crippen molar-refractivity contribution in [3.8, 4) is 11.8 Å². The largest absolute Gasteiger partial charge is 0.339 e. The lowest BCUT2D eigenvalue weighted by atomic mass is 9.91. The summed E-state index contributed by atoms with van der Waals surface area (Å²) in [5.41, 5.74) is 1.16. The Morgan fingerprint density at radius 2 is 1.50 bits per heavy atom. The molecule has 1 fully saturated rings. The Morgan fingerprint density at radius 1 is 0.885 bits per heavy atom. The van der Waals surface area contributed by atoms with E-state index < -0.39 is 11.7 Å². The Hall–Kier alpha value is -2.86. The molecule has 0 saturated carbocycles. The SMILES string of the molecule is O=C(c1ccccc1)[C@@]1(C#Cc2ccccc2)OC1c1ccc(Cl)cc1. The Balaban J connectivity index is 1.73. The van der Waals surface area contributed by atoms with Gasteiger partial charge < -0.3 is 4.74 Å². The first-order valence-electron chi connectivity index (χ1n) is 8.30. The minimum absolute atomic E-state index is 0.124. The van der Waals surface area contributed by atoms with E-state index in [9.17, 15) is 4.79 Å². The second kappa shape index (κ2) is 6.80. The van der Waals surface area contributed by atoms with Gasteiger partial charge in [-0.1, -0.05) is 84.1 Å². The van der Waals surface area contributed by atoms with Crippen LogP contribution in [0, 0.1) is 11.8 Å². The Kier molecular flexibility index (Phi) is 4.34. The van der Waals surface area contributed by atoms with Gasteiger partial charge in [-0.2, -0.15) is 0 Å². The number of hydrogen-bond donors (Lipinski definition) is 0. The first-order chi connectivity index (χ1) is 12.7. The molecule has 126 valence electrons. The van der Waals surface area contributed by atoms with Gasteiger partial charge in [-0.3, -0.25) is 4.79 Å². The summed E-state index contributed by atoms with van der Waals surface area (Å²) in [5, 5.41) is 0.643. The summed E-state index contributed by atoms with van der Waals surface area (Å²) in [6, 6.07) is 26.0. The third kappa shape index (κ3) is 3.15. The minimum atomic E-state index is -1.16. The Labute approximate surface area is 157 Å². The number of carbonyl (C=O) groups is 1. The third-order valence-electron chi connectivity index (χ3n) is 4.33. The molecule has 3 heteroatoms. The van der Waals surface area contributed by atoms with Crippen LogP contribution >= 0.6 is 11.6 Å². The zero-order valence-corrected chi connectivity index (χ0v) is 14.6. The number of hydrogen-bond acceptors (Lipinski definition) is 2. The number of Topliss-reactive ketones (excluding diaryl/α,β-unsaturated/α-hetero) is 1. The van der Waals surface area contributed by atoms with Crippen molar-refractivity contribution in [3.05, 3.63) is 107 Å². The van der Waals surface area contributed by atoms with Crippen molar-refractivity contribution < 1.29 is 9.53 Å². The maximum atomic E-state index is 13.1. The van der Waals surface area contributed by atoms with Crippen molar-refractivity contribution in [1.82, 2.24) is 0 Å². The second-order valence-electron chi connectivity index (χ2n) is 6.10. The number of epoxide rings is 1. The number of benzene rings is 3. The molecular formula is C23H15ClO2. The van der Waals surface area contributed by atoms with E-state index in [0.717, 1.165) is 11.1 Å². The molecule has 4 rings (SSSR count). The molecule has 1 aliphatic heterocycles. The van der Waals surface area contributed by atoms with Crippen LogP contribution in [0.2, 0.25) is 5.02 Å². The smallest absolute Gasteiger partial charge is 0.223 e. The Bertz CT molecular complexity index is 985. The molecule has 0 N–H and O–H groups in total. The van der Waals surface area contributed by atoms with Crippen LogP contribution in [0.1, 0.15) is 27.6 Å². The van der Waals surface area contributed by atoms with Gasteiger partial charge in [0, 0.05) is 16.1 Å². The molecule has 0 bridgehead atoms. The van der Waals surface area contributed by atoms with Gasteiger partial charge in [-0.15, -0.1) is 0 Å². The van der Waals surface area contributed by atoms with E-state index in [4.69, 9.17) is 16.3 Å². The van der Waals surface area contributed by atoms with E-state index in [1.807, 2.05) is 60.7 Å². The van der Waals surface area contributed by atoms with Gasteiger partial charge in [0.15, 0.2) is 0 Å². The number of ketones is 1. The predicted octanol–water partition coefficient (Wildman–Crippen LogP) is 5.08. The van der Waals surface area contributed by atoms with E-state index in [2.05, 4.69) is 11.8 Å². The van der Waals surface area contributed by atoms with Crippen LogP contribution in [-0.2, 0) is 4.74 Å². The summed E-state index contributed by atoms with van der Waals surface area (Å²) in [6.45, 7) is 0. The van der Waals surface area contributed by atoms with Gasteiger partial charge in [0.1, 0.15) is 6.10 Å². The molecule has 3 aromatic carbocycles. The molecule has 1 unspecified atom stereocenters. The van der Waals surface area contributed by atoms with Crippen molar-refractivity contribution in [1.29, 1.82) is 0 Å². The topological polar surface area (TPSA) is 29.6 Å².